The summed E-state index contributed by atoms with van der Waals surface area (Å²) >= 11 is 0. The van der Waals surface area contributed by atoms with Gasteiger partial charge in [-0.2, -0.15) is 0 Å². The molecule has 0 aromatic heterocycles. The van der Waals surface area contributed by atoms with E-state index < -0.39 is 111 Å². The Labute approximate surface area is 472 Å². The van der Waals surface area contributed by atoms with Crippen molar-refractivity contribution in [3.05, 3.63) is 12.2 Å². The fourth-order valence-corrected chi connectivity index (χ4v) is 15.7. The maximum absolute atomic E-state index is 12.4. The van der Waals surface area contributed by atoms with Crippen molar-refractivity contribution in [3.63, 3.8) is 0 Å². The second-order valence-electron chi connectivity index (χ2n) is 23.4. The third-order valence-corrected chi connectivity index (χ3v) is 19.2. The van der Waals surface area contributed by atoms with E-state index in [1.165, 1.54) is 6.92 Å². The van der Waals surface area contributed by atoms with Crippen LogP contribution in [0.5, 0.6) is 0 Å². The van der Waals surface area contributed by atoms with Gasteiger partial charge in [-0.1, -0.05) is 13.5 Å². The minimum absolute atomic E-state index is 0. The molecule has 11 aliphatic rings. The third kappa shape index (κ3) is 11.2. The fraction of sp³-hybridized carbons (Fsp3) is 0.938. The van der Waals surface area contributed by atoms with Gasteiger partial charge in [-0.15, -0.1) is 0 Å². The van der Waals surface area contributed by atoms with Crippen molar-refractivity contribution < 1.29 is 155 Å². The molecule has 21 nitrogen and oxygen atoms in total. The van der Waals surface area contributed by atoms with E-state index in [1.54, 1.807) is 6.92 Å². The molecule has 1 N–H and O–H groups in total. The monoisotopic (exact) mass is 1090 g/mol. The van der Waals surface area contributed by atoms with E-state index in [0.29, 0.717) is 69.8 Å². The second-order valence-corrected chi connectivity index (χ2v) is 25.5. The van der Waals surface area contributed by atoms with Gasteiger partial charge in [0, 0.05) is 44.9 Å². The number of ether oxygens (including phenoxy) is 11. The molecule has 402 valence electrons. The number of hydrogen-bond acceptors (Lipinski definition) is 21. The van der Waals surface area contributed by atoms with Crippen LogP contribution in [0.15, 0.2) is 12.2 Å². The van der Waals surface area contributed by atoms with Crippen LogP contribution in [-0.2, 0) is 86.1 Å². The Kier molecular flexibility index (Phi) is 16.9. The smallest absolute Gasteiger partial charge is 0.726 e. The van der Waals surface area contributed by atoms with Crippen LogP contribution in [0, 0.1) is 5.92 Å². The maximum Gasteiger partial charge on any atom is 1.00 e. The largest absolute Gasteiger partial charge is 1.00 e. The molecule has 25 heteroatoms. The van der Waals surface area contributed by atoms with Crippen LogP contribution < -0.4 is 59.1 Å². The number of Topliss-reactive ketones (excluding diaryl/α,β-unsaturated/α-hetero) is 1. The summed E-state index contributed by atoms with van der Waals surface area (Å²) in [7, 11) is -10.1. The maximum atomic E-state index is 12.4. The molecule has 0 aromatic rings. The van der Waals surface area contributed by atoms with Crippen molar-refractivity contribution in [1.82, 2.24) is 0 Å². The summed E-state index contributed by atoms with van der Waals surface area (Å²) in [6, 6.07) is 0. The first-order valence-electron chi connectivity index (χ1n) is 25.7. The number of rotatable bonds is 8. The zero-order chi connectivity index (χ0) is 50.4. The molecule has 11 aliphatic heterocycles. The summed E-state index contributed by atoms with van der Waals surface area (Å²) in [5, 5.41) is 12.1. The average molecular weight is 1090 g/mol. The number of carbonyl (C=O) groups is 1. The van der Waals surface area contributed by atoms with Crippen molar-refractivity contribution in [3.8, 4) is 0 Å². The molecule has 0 unspecified atom stereocenters. The summed E-state index contributed by atoms with van der Waals surface area (Å²) in [5.74, 6) is -0.101. The van der Waals surface area contributed by atoms with Gasteiger partial charge in [0.2, 0.25) is 20.8 Å². The van der Waals surface area contributed by atoms with Crippen molar-refractivity contribution in [2.45, 2.75) is 269 Å². The summed E-state index contributed by atoms with van der Waals surface area (Å²) in [6.07, 6.45) is -4.32. The summed E-state index contributed by atoms with van der Waals surface area (Å²) in [6.45, 7) is 15.0. The van der Waals surface area contributed by atoms with E-state index >= 15 is 0 Å². The molecule has 11 heterocycles. The van der Waals surface area contributed by atoms with E-state index in [2.05, 4.69) is 31.5 Å². The number of hydrogen-bond donors (Lipinski definition) is 1. The van der Waals surface area contributed by atoms with Crippen molar-refractivity contribution >= 4 is 26.6 Å². The topological polar surface area (TPSA) is 272 Å². The van der Waals surface area contributed by atoms with Crippen LogP contribution >= 0.6 is 0 Å². The van der Waals surface area contributed by atoms with Crippen LogP contribution in [-0.4, -0.2) is 188 Å². The number of aliphatic hydroxyl groups excluding tert-OH is 1. The first-order chi connectivity index (χ1) is 33.3. The van der Waals surface area contributed by atoms with Gasteiger partial charge in [0.15, 0.2) is 5.78 Å². The molecule has 11 fully saturated rings. The molecule has 0 spiro atoms. The minimum Gasteiger partial charge on any atom is -0.726 e. The van der Waals surface area contributed by atoms with Gasteiger partial charge in [0.1, 0.15) is 30.0 Å². The summed E-state index contributed by atoms with van der Waals surface area (Å²) < 4.78 is 153. The van der Waals surface area contributed by atoms with E-state index in [-0.39, 0.29) is 151 Å². The van der Waals surface area contributed by atoms with Gasteiger partial charge >= 0.3 is 59.1 Å². The molecule has 0 bridgehead atoms. The number of aliphatic hydroxyl groups is 1. The van der Waals surface area contributed by atoms with Crippen molar-refractivity contribution in [2.24, 2.45) is 5.92 Å². The Hall–Kier alpha value is 0.670. The molecular weight excluding hydrogens is 1020 g/mol. The quantitative estimate of drug-likeness (QED) is 0.0813. The Morgan fingerprint density at radius 1 is 0.671 bits per heavy atom. The van der Waals surface area contributed by atoms with E-state index in [4.69, 9.17) is 56.3 Å². The molecule has 25 atom stereocenters. The van der Waals surface area contributed by atoms with Crippen LogP contribution in [0.4, 0.5) is 0 Å². The summed E-state index contributed by atoms with van der Waals surface area (Å²) in [5.41, 5.74) is -3.11. The zero-order valence-corrected chi connectivity index (χ0v) is 48.8. The first-order valence-corrected chi connectivity index (χ1v) is 28.4. The molecule has 0 radical (unpaired) electrons. The molecule has 11 saturated heterocycles. The minimum atomic E-state index is -5.16. The van der Waals surface area contributed by atoms with E-state index in [1.807, 2.05) is 6.92 Å². The third-order valence-electron chi connectivity index (χ3n) is 18.2. The molecular formula is C48H70Na2O21S2. The Balaban J connectivity index is 0.00000328. The molecule has 0 saturated carbocycles. The Bertz CT molecular complexity index is 2300. The van der Waals surface area contributed by atoms with Crippen LogP contribution in [0.25, 0.3) is 0 Å². The fourth-order valence-electron chi connectivity index (χ4n) is 14.8. The Morgan fingerprint density at radius 2 is 1.23 bits per heavy atom. The predicted octanol–water partition coefficient (Wildman–Crippen LogP) is -3.47. The van der Waals surface area contributed by atoms with Crippen molar-refractivity contribution in [2.75, 3.05) is 6.61 Å². The van der Waals surface area contributed by atoms with Gasteiger partial charge in [-0.05, 0) is 84.6 Å². The van der Waals surface area contributed by atoms with Gasteiger partial charge in [0.05, 0.1) is 121 Å². The molecule has 11 rings (SSSR count). The Morgan fingerprint density at radius 3 is 1.89 bits per heavy atom. The van der Waals surface area contributed by atoms with Gasteiger partial charge in [-0.3, -0.25) is 13.2 Å². The van der Waals surface area contributed by atoms with Gasteiger partial charge < -0.3 is 66.3 Å². The predicted molar refractivity (Wildman–Crippen MR) is 239 cm³/mol. The molecule has 0 aliphatic carbocycles. The molecule has 0 amide bonds. The van der Waals surface area contributed by atoms with Crippen molar-refractivity contribution in [1.29, 1.82) is 0 Å². The number of carbonyl (C=O) groups excluding carboxylic acids is 1. The molecule has 0 aromatic carbocycles. The van der Waals surface area contributed by atoms with E-state index in [0.717, 1.165) is 0 Å². The van der Waals surface area contributed by atoms with Crippen LogP contribution in [0.3, 0.4) is 0 Å². The van der Waals surface area contributed by atoms with Gasteiger partial charge in [-0.25, -0.2) is 16.8 Å². The zero-order valence-electron chi connectivity index (χ0n) is 43.2. The van der Waals surface area contributed by atoms with Crippen LogP contribution in [0.1, 0.15) is 125 Å². The summed E-state index contributed by atoms with van der Waals surface area (Å²) in [4.78, 5) is 12.4. The molecule has 73 heavy (non-hydrogen) atoms. The SMILES string of the molecule is C=C1C[C@@H]2O[C@@]3(C)[C@H](C[C@H]2O[C@@H]1C(C)=O)O[C@@H]1C[C@@H]2O[C@@H]4C[C@@H]5O[C@@H]6C[C@@H]7O[C@@H]8C[C@@H]9O[C@](C)(CCCOS(=O)(=O)[O-])[C@@H](OS(=O)(=O)[O-])C[C@H]9O[C@H]8C[C@H]7O[C@H]6CC[C@@]5(C)O[C@@]4(C)C[C@H](C)[C@H]2O[C@H]1[C@H]3O.[Na+].[Na+]. The van der Waals surface area contributed by atoms with Gasteiger partial charge in [0.25, 0.3) is 0 Å². The normalized spacial score (nSPS) is 52.2. The number of fused-ring (bicyclic) bond motifs is 10. The van der Waals surface area contributed by atoms with Crippen LogP contribution in [0.2, 0.25) is 0 Å². The number of ketones is 1. The second kappa shape index (κ2) is 21.2. The standard InChI is InChI=1S/C48H72O21S2.2Na/c1-22-13-33-32(64-41(22)24(3)49)19-40-48(7,67-33)44(50)43-36(63-40)17-35-42(65-43)23(2)21-47(6)38(62-35)20-37-46(5,69-47)11-9-25-26(61-37)14-28-27(58-25)15-29-30(59-28)16-34-31(60-29)18-39(68-71(54,55)56)45(4,66-34)10-8-12-57-70(51,52)53;;/h23,25-44,50H,1,8-21H2,2-7H3,(H,51,52,53)(H,54,55,56);;/q;2*+1/p-2/t23-,25-,26+,27+,28-,29-,30+,31+,32+,33-,34-,35-,36+,37-,38+,39-,40-,41-,42+,43+,44+,45+,46+,47-,48-;;/m0../s1. The first kappa shape index (κ1) is 58.3. The van der Waals surface area contributed by atoms with E-state index in [9.17, 15) is 35.8 Å². The average Bonchev–Trinajstić information content (AvgIpc) is 3.46.